The normalized spacial score (nSPS) is 10.3. The first-order valence-electron chi connectivity index (χ1n) is 5.23. The molecule has 0 fully saturated rings. The summed E-state index contributed by atoms with van der Waals surface area (Å²) in [6.45, 7) is 0.425. The Labute approximate surface area is 99.8 Å². The van der Waals surface area contributed by atoms with Crippen LogP contribution in [0, 0.1) is 0 Å². The van der Waals surface area contributed by atoms with E-state index in [0.29, 0.717) is 6.54 Å². The molecule has 0 saturated carbocycles. The second-order valence-electron chi connectivity index (χ2n) is 3.55. The number of nitrogens with zero attached hydrogens (tertiary/aromatic N) is 2. The van der Waals surface area contributed by atoms with Crippen LogP contribution in [0.3, 0.4) is 0 Å². The number of rotatable bonds is 4. The molecule has 90 valence electrons. The van der Waals surface area contributed by atoms with Crippen molar-refractivity contribution in [3.05, 3.63) is 36.4 Å². The predicted octanol–water partition coefficient (Wildman–Crippen LogP) is 1.35. The lowest BCUT2D eigenvalue weighted by molar-refractivity contribution is 0.394. The van der Waals surface area contributed by atoms with Gasteiger partial charge in [-0.3, -0.25) is 0 Å². The van der Waals surface area contributed by atoms with Gasteiger partial charge in [-0.1, -0.05) is 0 Å². The van der Waals surface area contributed by atoms with E-state index in [0.717, 1.165) is 22.9 Å². The maximum absolute atomic E-state index is 5.53. The number of methoxy groups -OCH3 is 2. The number of hydrogen-bond acceptors (Lipinski definition) is 4. The van der Waals surface area contributed by atoms with Crippen molar-refractivity contribution in [1.82, 2.24) is 9.55 Å². The molecule has 5 heteroatoms. The Morgan fingerprint density at radius 2 is 1.82 bits per heavy atom. The second kappa shape index (κ2) is 4.88. The lowest BCUT2D eigenvalue weighted by Gasteiger charge is -2.08. The topological polar surface area (TPSA) is 62.3 Å². The van der Waals surface area contributed by atoms with Crippen LogP contribution < -0.4 is 15.2 Å². The van der Waals surface area contributed by atoms with Gasteiger partial charge in [-0.05, 0) is 0 Å². The summed E-state index contributed by atoms with van der Waals surface area (Å²) in [4.78, 5) is 4.18. The fourth-order valence-electron chi connectivity index (χ4n) is 1.55. The molecule has 0 aliphatic rings. The first kappa shape index (κ1) is 11.5. The molecule has 0 aliphatic heterocycles. The molecule has 0 radical (unpaired) electrons. The van der Waals surface area contributed by atoms with Crippen molar-refractivity contribution in [3.8, 4) is 17.2 Å². The van der Waals surface area contributed by atoms with Crippen LogP contribution in [0.5, 0.6) is 11.5 Å². The highest BCUT2D eigenvalue weighted by Gasteiger charge is 2.04. The fourth-order valence-corrected chi connectivity index (χ4v) is 1.55. The molecule has 2 rings (SSSR count). The highest BCUT2D eigenvalue weighted by Crippen LogP contribution is 2.24. The summed E-state index contributed by atoms with van der Waals surface area (Å²) < 4.78 is 12.3. The zero-order chi connectivity index (χ0) is 12.3. The molecule has 0 atom stereocenters. The largest absolute Gasteiger partial charge is 0.497 e. The smallest absolute Gasteiger partial charge is 0.124 e. The Balaban J connectivity index is 2.43. The standard InChI is InChI=1S/C12H15N3O2/c1-16-11-3-10(4-12(5-11)17-2)15-7-9(6-13)14-8-15/h3-5,7-8H,6,13H2,1-2H3. The summed E-state index contributed by atoms with van der Waals surface area (Å²) in [5.41, 5.74) is 7.29. The number of ether oxygens (including phenoxy) is 2. The van der Waals surface area contributed by atoms with Crippen molar-refractivity contribution in [1.29, 1.82) is 0 Å². The van der Waals surface area contributed by atoms with E-state index in [1.54, 1.807) is 20.5 Å². The number of aromatic nitrogens is 2. The average Bonchev–Trinajstić information content (AvgIpc) is 2.86. The van der Waals surface area contributed by atoms with Crippen LogP contribution in [0.1, 0.15) is 5.69 Å². The Hall–Kier alpha value is -2.01. The molecule has 1 aromatic carbocycles. The maximum atomic E-state index is 5.53. The van der Waals surface area contributed by atoms with Gasteiger partial charge in [0.05, 0.1) is 31.9 Å². The SMILES string of the molecule is COc1cc(OC)cc(-n2cnc(CN)c2)c1. The maximum Gasteiger partial charge on any atom is 0.124 e. The summed E-state index contributed by atoms with van der Waals surface area (Å²) in [5.74, 6) is 1.48. The molecule has 0 amide bonds. The van der Waals surface area contributed by atoms with Crippen molar-refractivity contribution >= 4 is 0 Å². The van der Waals surface area contributed by atoms with Crippen molar-refractivity contribution in [2.45, 2.75) is 6.54 Å². The third-order valence-electron chi connectivity index (χ3n) is 2.48. The molecule has 0 aliphatic carbocycles. The van der Waals surface area contributed by atoms with Gasteiger partial charge in [-0.25, -0.2) is 4.98 Å². The molecule has 17 heavy (non-hydrogen) atoms. The molecule has 0 saturated heterocycles. The van der Waals surface area contributed by atoms with Gasteiger partial charge >= 0.3 is 0 Å². The van der Waals surface area contributed by atoms with Crippen LogP contribution in [-0.2, 0) is 6.54 Å². The Kier molecular flexibility index (Phi) is 3.30. The number of benzene rings is 1. The van der Waals surface area contributed by atoms with Crippen molar-refractivity contribution in [2.75, 3.05) is 14.2 Å². The zero-order valence-electron chi connectivity index (χ0n) is 9.88. The van der Waals surface area contributed by atoms with Crippen LogP contribution in [0.2, 0.25) is 0 Å². The lowest BCUT2D eigenvalue weighted by Crippen LogP contribution is -1.96. The monoisotopic (exact) mass is 233 g/mol. The summed E-state index contributed by atoms with van der Waals surface area (Å²) in [5, 5.41) is 0. The van der Waals surface area contributed by atoms with Crippen LogP contribution in [0.4, 0.5) is 0 Å². The molecular weight excluding hydrogens is 218 g/mol. The molecular formula is C12H15N3O2. The predicted molar refractivity (Wildman–Crippen MR) is 64.6 cm³/mol. The van der Waals surface area contributed by atoms with E-state index in [9.17, 15) is 0 Å². The molecule has 0 spiro atoms. The highest BCUT2D eigenvalue weighted by molar-refractivity contribution is 5.46. The summed E-state index contributed by atoms with van der Waals surface area (Å²) >= 11 is 0. The van der Waals surface area contributed by atoms with E-state index in [4.69, 9.17) is 15.2 Å². The summed E-state index contributed by atoms with van der Waals surface area (Å²) in [6.07, 6.45) is 3.60. The first-order valence-corrected chi connectivity index (χ1v) is 5.23. The molecule has 0 unspecified atom stereocenters. The minimum Gasteiger partial charge on any atom is -0.497 e. The van der Waals surface area contributed by atoms with Crippen LogP contribution in [-0.4, -0.2) is 23.8 Å². The Morgan fingerprint density at radius 1 is 1.18 bits per heavy atom. The van der Waals surface area contributed by atoms with E-state index in [-0.39, 0.29) is 0 Å². The minimum atomic E-state index is 0.425. The van der Waals surface area contributed by atoms with Crippen molar-refractivity contribution in [2.24, 2.45) is 5.73 Å². The Bertz CT molecular complexity index is 486. The lowest BCUT2D eigenvalue weighted by atomic mass is 10.2. The third-order valence-corrected chi connectivity index (χ3v) is 2.48. The second-order valence-corrected chi connectivity index (χ2v) is 3.55. The van der Waals surface area contributed by atoms with Crippen LogP contribution in [0.15, 0.2) is 30.7 Å². The number of hydrogen-bond donors (Lipinski definition) is 1. The molecule has 5 nitrogen and oxygen atoms in total. The molecule has 1 heterocycles. The van der Waals surface area contributed by atoms with Gasteiger partial charge in [-0.15, -0.1) is 0 Å². The van der Waals surface area contributed by atoms with E-state index in [1.807, 2.05) is 29.0 Å². The van der Waals surface area contributed by atoms with Gasteiger partial charge in [0.25, 0.3) is 0 Å². The van der Waals surface area contributed by atoms with Crippen molar-refractivity contribution in [3.63, 3.8) is 0 Å². The molecule has 1 aromatic heterocycles. The van der Waals surface area contributed by atoms with Gasteiger partial charge in [-0.2, -0.15) is 0 Å². The zero-order valence-corrected chi connectivity index (χ0v) is 9.88. The molecule has 2 N–H and O–H groups in total. The average molecular weight is 233 g/mol. The van der Waals surface area contributed by atoms with Gasteiger partial charge in [0.1, 0.15) is 11.5 Å². The van der Waals surface area contributed by atoms with E-state index in [2.05, 4.69) is 4.98 Å². The van der Waals surface area contributed by atoms with E-state index in [1.165, 1.54) is 0 Å². The summed E-state index contributed by atoms with van der Waals surface area (Å²) in [6, 6.07) is 5.64. The van der Waals surface area contributed by atoms with Crippen LogP contribution in [0.25, 0.3) is 5.69 Å². The highest BCUT2D eigenvalue weighted by atomic mass is 16.5. The number of imidazole rings is 1. The quantitative estimate of drug-likeness (QED) is 0.865. The van der Waals surface area contributed by atoms with Gasteiger partial charge in [0, 0.05) is 30.9 Å². The van der Waals surface area contributed by atoms with Gasteiger partial charge < -0.3 is 19.8 Å². The fraction of sp³-hybridized carbons (Fsp3) is 0.250. The molecule has 0 bridgehead atoms. The first-order chi connectivity index (χ1) is 8.26. The van der Waals surface area contributed by atoms with E-state index < -0.39 is 0 Å². The van der Waals surface area contributed by atoms with E-state index >= 15 is 0 Å². The third kappa shape index (κ3) is 2.39. The van der Waals surface area contributed by atoms with Crippen molar-refractivity contribution < 1.29 is 9.47 Å². The minimum absolute atomic E-state index is 0.425. The molecule has 2 aromatic rings. The van der Waals surface area contributed by atoms with Gasteiger partial charge in [0.15, 0.2) is 0 Å². The number of nitrogens with two attached hydrogens (primary N) is 1. The Morgan fingerprint density at radius 3 is 2.29 bits per heavy atom. The van der Waals surface area contributed by atoms with Crippen LogP contribution >= 0.6 is 0 Å². The van der Waals surface area contributed by atoms with Gasteiger partial charge in [0.2, 0.25) is 0 Å². The summed E-state index contributed by atoms with van der Waals surface area (Å²) in [7, 11) is 3.25.